The van der Waals surface area contributed by atoms with Gasteiger partial charge < -0.3 is 4.74 Å². The Kier molecular flexibility index (Phi) is 3.81. The molecule has 0 aromatic heterocycles. The van der Waals surface area contributed by atoms with Crippen molar-refractivity contribution >= 4 is 22.1 Å². The van der Waals surface area contributed by atoms with E-state index in [0.29, 0.717) is 5.56 Å². The number of sulfonamides is 1. The van der Waals surface area contributed by atoms with Crippen LogP contribution in [0, 0.1) is 0 Å². The number of carbonyl (C=O) groups excluding carboxylic acids is 1. The van der Waals surface area contributed by atoms with E-state index in [0.717, 1.165) is 6.08 Å². The van der Waals surface area contributed by atoms with E-state index >= 15 is 0 Å². The SMILES string of the molecule is COC(=O)/C=C/c1ccccc1S(N)(=O)=O. The molecular formula is C10H11NO4S. The van der Waals surface area contributed by atoms with E-state index in [-0.39, 0.29) is 4.90 Å². The second-order valence-corrected chi connectivity index (χ2v) is 4.47. The van der Waals surface area contributed by atoms with E-state index in [9.17, 15) is 13.2 Å². The quantitative estimate of drug-likeness (QED) is 0.617. The average Bonchev–Trinajstić information content (AvgIpc) is 2.25. The van der Waals surface area contributed by atoms with Gasteiger partial charge in [0.15, 0.2) is 0 Å². The van der Waals surface area contributed by atoms with Gasteiger partial charge in [0.2, 0.25) is 10.0 Å². The van der Waals surface area contributed by atoms with Gasteiger partial charge in [0.05, 0.1) is 12.0 Å². The second kappa shape index (κ2) is 4.91. The van der Waals surface area contributed by atoms with E-state index < -0.39 is 16.0 Å². The molecule has 1 rings (SSSR count). The Labute approximate surface area is 93.6 Å². The lowest BCUT2D eigenvalue weighted by atomic mass is 10.2. The van der Waals surface area contributed by atoms with Gasteiger partial charge in [-0.3, -0.25) is 0 Å². The lowest BCUT2D eigenvalue weighted by Gasteiger charge is -2.02. The molecule has 0 unspecified atom stereocenters. The first-order chi connectivity index (χ1) is 7.45. The molecule has 0 saturated heterocycles. The molecule has 1 aromatic carbocycles. The van der Waals surface area contributed by atoms with Crippen molar-refractivity contribution in [3.63, 3.8) is 0 Å². The topological polar surface area (TPSA) is 86.5 Å². The van der Waals surface area contributed by atoms with Crippen LogP contribution in [0.25, 0.3) is 6.08 Å². The van der Waals surface area contributed by atoms with Crippen LogP contribution in [0.5, 0.6) is 0 Å². The maximum absolute atomic E-state index is 11.2. The fraction of sp³-hybridized carbons (Fsp3) is 0.100. The van der Waals surface area contributed by atoms with Crippen molar-refractivity contribution < 1.29 is 17.9 Å². The number of ether oxygens (including phenoxy) is 1. The van der Waals surface area contributed by atoms with Crippen LogP contribution < -0.4 is 5.14 Å². The van der Waals surface area contributed by atoms with Gasteiger partial charge in [-0.15, -0.1) is 0 Å². The van der Waals surface area contributed by atoms with Crippen molar-refractivity contribution in [2.45, 2.75) is 4.90 Å². The predicted octanol–water partition coefficient (Wildman–Crippen LogP) is 0.520. The average molecular weight is 241 g/mol. The zero-order valence-electron chi connectivity index (χ0n) is 8.58. The lowest BCUT2D eigenvalue weighted by molar-refractivity contribution is -0.134. The summed E-state index contributed by atoms with van der Waals surface area (Å²) in [6.45, 7) is 0. The maximum atomic E-state index is 11.2. The van der Waals surface area contributed by atoms with Crippen molar-refractivity contribution in [3.8, 4) is 0 Å². The minimum Gasteiger partial charge on any atom is -0.466 e. The molecule has 16 heavy (non-hydrogen) atoms. The van der Waals surface area contributed by atoms with Crippen LogP contribution in [-0.4, -0.2) is 21.5 Å². The lowest BCUT2D eigenvalue weighted by Crippen LogP contribution is -2.13. The Morgan fingerprint density at radius 2 is 2.00 bits per heavy atom. The maximum Gasteiger partial charge on any atom is 0.330 e. The third-order valence-electron chi connectivity index (χ3n) is 1.83. The van der Waals surface area contributed by atoms with Gasteiger partial charge in [-0.1, -0.05) is 18.2 Å². The van der Waals surface area contributed by atoms with Gasteiger partial charge in [-0.2, -0.15) is 0 Å². The van der Waals surface area contributed by atoms with Crippen molar-refractivity contribution in [3.05, 3.63) is 35.9 Å². The number of hydrogen-bond acceptors (Lipinski definition) is 4. The normalized spacial score (nSPS) is 11.6. The molecular weight excluding hydrogens is 230 g/mol. The molecule has 0 saturated carbocycles. The second-order valence-electron chi connectivity index (χ2n) is 2.94. The number of carbonyl (C=O) groups is 1. The summed E-state index contributed by atoms with van der Waals surface area (Å²) in [5.74, 6) is -0.566. The molecule has 0 spiro atoms. The molecule has 86 valence electrons. The highest BCUT2D eigenvalue weighted by molar-refractivity contribution is 7.89. The van der Waals surface area contributed by atoms with Gasteiger partial charge >= 0.3 is 5.97 Å². The van der Waals surface area contributed by atoms with Crippen molar-refractivity contribution in [1.82, 2.24) is 0 Å². The molecule has 2 N–H and O–H groups in total. The van der Waals surface area contributed by atoms with Crippen LogP contribution in [0.4, 0.5) is 0 Å². The number of benzene rings is 1. The van der Waals surface area contributed by atoms with Crippen LogP contribution in [0.2, 0.25) is 0 Å². The third-order valence-corrected chi connectivity index (χ3v) is 2.81. The highest BCUT2D eigenvalue weighted by Crippen LogP contribution is 2.15. The molecule has 0 fully saturated rings. The highest BCUT2D eigenvalue weighted by Gasteiger charge is 2.10. The number of hydrogen-bond donors (Lipinski definition) is 1. The van der Waals surface area contributed by atoms with Crippen LogP contribution in [0.15, 0.2) is 35.2 Å². The Balaban J connectivity index is 3.15. The summed E-state index contributed by atoms with van der Waals surface area (Å²) in [6, 6.07) is 6.10. The van der Waals surface area contributed by atoms with E-state index in [4.69, 9.17) is 5.14 Å². The molecule has 0 aliphatic carbocycles. The van der Waals surface area contributed by atoms with E-state index in [1.54, 1.807) is 18.2 Å². The molecule has 0 radical (unpaired) electrons. The van der Waals surface area contributed by atoms with E-state index in [1.807, 2.05) is 0 Å². The Hall–Kier alpha value is -1.66. The molecule has 0 amide bonds. The highest BCUT2D eigenvalue weighted by atomic mass is 32.2. The number of primary sulfonamides is 1. The first-order valence-electron chi connectivity index (χ1n) is 4.33. The van der Waals surface area contributed by atoms with E-state index in [1.165, 1.54) is 19.3 Å². The van der Waals surface area contributed by atoms with Crippen molar-refractivity contribution in [2.75, 3.05) is 7.11 Å². The van der Waals surface area contributed by atoms with Gasteiger partial charge in [-0.05, 0) is 17.7 Å². The van der Waals surface area contributed by atoms with Crippen molar-refractivity contribution in [1.29, 1.82) is 0 Å². The summed E-state index contributed by atoms with van der Waals surface area (Å²) in [4.78, 5) is 10.8. The third kappa shape index (κ3) is 3.18. The fourth-order valence-corrected chi connectivity index (χ4v) is 1.84. The Morgan fingerprint density at radius 1 is 1.38 bits per heavy atom. The summed E-state index contributed by atoms with van der Waals surface area (Å²) in [7, 11) is -2.56. The first kappa shape index (κ1) is 12.4. The summed E-state index contributed by atoms with van der Waals surface area (Å²) < 4.78 is 26.8. The first-order valence-corrected chi connectivity index (χ1v) is 5.87. The summed E-state index contributed by atoms with van der Waals surface area (Å²) >= 11 is 0. The van der Waals surface area contributed by atoms with Crippen LogP contribution in [0.1, 0.15) is 5.56 Å². The Morgan fingerprint density at radius 3 is 2.56 bits per heavy atom. The minimum atomic E-state index is -3.79. The molecule has 0 bridgehead atoms. The molecule has 0 heterocycles. The molecule has 1 aromatic rings. The smallest absolute Gasteiger partial charge is 0.330 e. The van der Waals surface area contributed by atoms with Crippen LogP contribution in [-0.2, 0) is 19.6 Å². The van der Waals surface area contributed by atoms with Crippen LogP contribution >= 0.6 is 0 Å². The van der Waals surface area contributed by atoms with Gasteiger partial charge in [0.1, 0.15) is 0 Å². The molecule has 6 heteroatoms. The summed E-state index contributed by atoms with van der Waals surface area (Å²) in [5.41, 5.74) is 0.343. The minimum absolute atomic E-state index is 0.0323. The largest absolute Gasteiger partial charge is 0.466 e. The van der Waals surface area contributed by atoms with E-state index in [2.05, 4.69) is 4.74 Å². The van der Waals surface area contributed by atoms with Crippen LogP contribution in [0.3, 0.4) is 0 Å². The molecule has 5 nitrogen and oxygen atoms in total. The number of esters is 1. The summed E-state index contributed by atoms with van der Waals surface area (Å²) in [6.07, 6.45) is 2.47. The number of nitrogens with two attached hydrogens (primary N) is 1. The molecule has 0 aliphatic rings. The van der Waals surface area contributed by atoms with Gasteiger partial charge in [-0.25, -0.2) is 18.4 Å². The zero-order chi connectivity index (χ0) is 12.2. The zero-order valence-corrected chi connectivity index (χ0v) is 9.40. The molecule has 0 atom stereocenters. The fourth-order valence-electron chi connectivity index (χ4n) is 1.10. The standard InChI is InChI=1S/C10H11NO4S/c1-15-10(12)7-6-8-4-2-3-5-9(8)16(11,13)14/h2-7H,1H3,(H2,11,13,14)/b7-6+. The predicted molar refractivity (Wildman–Crippen MR) is 58.9 cm³/mol. The Bertz CT molecular complexity index is 519. The monoisotopic (exact) mass is 241 g/mol. The number of rotatable bonds is 3. The number of methoxy groups -OCH3 is 1. The van der Waals surface area contributed by atoms with Gasteiger partial charge in [0, 0.05) is 6.08 Å². The molecule has 0 aliphatic heterocycles. The van der Waals surface area contributed by atoms with Gasteiger partial charge in [0.25, 0.3) is 0 Å². The van der Waals surface area contributed by atoms with Crippen molar-refractivity contribution in [2.24, 2.45) is 5.14 Å². The summed E-state index contributed by atoms with van der Waals surface area (Å²) in [5, 5.41) is 5.02.